The van der Waals surface area contributed by atoms with Crippen LogP contribution in [0, 0.1) is 5.92 Å². The molecular weight excluding hydrogens is 212 g/mol. The van der Waals surface area contributed by atoms with Crippen LogP contribution in [0.5, 0.6) is 11.5 Å². The Bertz CT molecular complexity index is 327. The lowest BCUT2D eigenvalue weighted by Crippen LogP contribution is -2.06. The van der Waals surface area contributed by atoms with Crippen LogP contribution in [0.1, 0.15) is 57.9 Å². The van der Waals surface area contributed by atoms with E-state index in [1.165, 1.54) is 31.7 Å². The third-order valence-electron chi connectivity index (χ3n) is 3.57. The van der Waals surface area contributed by atoms with Crippen LogP contribution >= 0.6 is 0 Å². The maximum atomic E-state index is 9.48. The molecule has 0 saturated carbocycles. The first-order valence-corrected chi connectivity index (χ1v) is 6.57. The first-order chi connectivity index (χ1) is 8.04. The van der Waals surface area contributed by atoms with E-state index in [-0.39, 0.29) is 11.5 Å². The quantitative estimate of drug-likeness (QED) is 0.718. The van der Waals surface area contributed by atoms with Crippen molar-refractivity contribution in [3.8, 4) is 11.5 Å². The molecule has 96 valence electrons. The van der Waals surface area contributed by atoms with Gasteiger partial charge in [-0.15, -0.1) is 0 Å². The molecule has 0 aromatic heterocycles. The number of aromatic hydroxyl groups is 2. The standard InChI is InChI=1S/C15H24O2/c1-4-5-6-7-11(2)12(3)13-8-14(16)10-15(17)9-13/h8-12,16-17H,4-7H2,1-3H3/t11-,12+/m0/s1. The van der Waals surface area contributed by atoms with Crippen molar-refractivity contribution in [2.24, 2.45) is 5.92 Å². The Morgan fingerprint density at radius 3 is 2.12 bits per heavy atom. The van der Waals surface area contributed by atoms with Gasteiger partial charge in [0.1, 0.15) is 11.5 Å². The second-order valence-electron chi connectivity index (χ2n) is 5.04. The average molecular weight is 236 g/mol. The predicted octanol–water partition coefficient (Wildman–Crippen LogP) is 4.42. The first-order valence-electron chi connectivity index (χ1n) is 6.57. The van der Waals surface area contributed by atoms with Gasteiger partial charge in [-0.25, -0.2) is 0 Å². The van der Waals surface area contributed by atoms with Crippen molar-refractivity contribution in [1.82, 2.24) is 0 Å². The van der Waals surface area contributed by atoms with Gasteiger partial charge in [0.05, 0.1) is 0 Å². The number of hydrogen-bond acceptors (Lipinski definition) is 2. The highest BCUT2D eigenvalue weighted by molar-refractivity contribution is 5.38. The van der Waals surface area contributed by atoms with E-state index in [1.54, 1.807) is 12.1 Å². The molecule has 0 amide bonds. The molecular formula is C15H24O2. The molecule has 0 aliphatic rings. The van der Waals surface area contributed by atoms with Gasteiger partial charge >= 0.3 is 0 Å². The van der Waals surface area contributed by atoms with Gasteiger partial charge in [0, 0.05) is 6.07 Å². The van der Waals surface area contributed by atoms with Crippen molar-refractivity contribution in [3.63, 3.8) is 0 Å². The van der Waals surface area contributed by atoms with Crippen LogP contribution in [0.3, 0.4) is 0 Å². The number of benzene rings is 1. The Hall–Kier alpha value is -1.18. The summed E-state index contributed by atoms with van der Waals surface area (Å²) in [7, 11) is 0. The summed E-state index contributed by atoms with van der Waals surface area (Å²) in [6.45, 7) is 6.60. The van der Waals surface area contributed by atoms with Gasteiger partial charge in [0.25, 0.3) is 0 Å². The SMILES string of the molecule is CCCCC[C@H](C)[C@@H](C)c1cc(O)cc(O)c1. The van der Waals surface area contributed by atoms with Crippen molar-refractivity contribution in [2.45, 2.75) is 52.4 Å². The molecule has 0 aliphatic heterocycles. The zero-order valence-electron chi connectivity index (χ0n) is 11.1. The van der Waals surface area contributed by atoms with Crippen molar-refractivity contribution >= 4 is 0 Å². The monoisotopic (exact) mass is 236 g/mol. The smallest absolute Gasteiger partial charge is 0.119 e. The molecule has 2 nitrogen and oxygen atoms in total. The third-order valence-corrected chi connectivity index (χ3v) is 3.57. The summed E-state index contributed by atoms with van der Waals surface area (Å²) in [5, 5.41) is 19.0. The van der Waals surface area contributed by atoms with E-state index in [0.29, 0.717) is 11.8 Å². The first kappa shape index (κ1) is 13.9. The Morgan fingerprint density at radius 2 is 1.59 bits per heavy atom. The summed E-state index contributed by atoms with van der Waals surface area (Å²) in [5.41, 5.74) is 1.02. The maximum absolute atomic E-state index is 9.48. The second-order valence-corrected chi connectivity index (χ2v) is 5.04. The van der Waals surface area contributed by atoms with E-state index in [2.05, 4.69) is 20.8 Å². The van der Waals surface area contributed by atoms with Crippen LogP contribution in [0.2, 0.25) is 0 Å². The van der Waals surface area contributed by atoms with Gasteiger partial charge in [-0.2, -0.15) is 0 Å². The van der Waals surface area contributed by atoms with Crippen molar-refractivity contribution < 1.29 is 10.2 Å². The molecule has 1 aromatic carbocycles. The van der Waals surface area contributed by atoms with E-state index in [0.717, 1.165) is 5.56 Å². The number of rotatable bonds is 6. The van der Waals surface area contributed by atoms with Crippen LogP contribution in [0.4, 0.5) is 0 Å². The van der Waals surface area contributed by atoms with Crippen LogP contribution in [0.15, 0.2) is 18.2 Å². The molecule has 0 bridgehead atoms. The molecule has 0 heterocycles. The Kier molecular flexibility index (Phi) is 5.33. The summed E-state index contributed by atoms with van der Waals surface area (Å²) < 4.78 is 0. The fourth-order valence-corrected chi connectivity index (χ4v) is 2.18. The van der Waals surface area contributed by atoms with Crippen LogP contribution in [-0.4, -0.2) is 10.2 Å². The number of phenolic OH excluding ortho intramolecular Hbond substituents is 2. The minimum Gasteiger partial charge on any atom is -0.508 e. The lowest BCUT2D eigenvalue weighted by Gasteiger charge is -2.20. The Balaban J connectivity index is 2.64. The molecule has 0 radical (unpaired) electrons. The summed E-state index contributed by atoms with van der Waals surface area (Å²) in [4.78, 5) is 0. The van der Waals surface area contributed by atoms with Gasteiger partial charge in [-0.1, -0.05) is 46.5 Å². The number of hydrogen-bond donors (Lipinski definition) is 2. The minimum atomic E-state index is 0.146. The zero-order chi connectivity index (χ0) is 12.8. The van der Waals surface area contributed by atoms with Gasteiger partial charge in [0.15, 0.2) is 0 Å². The molecule has 2 heteroatoms. The van der Waals surface area contributed by atoms with Gasteiger partial charge in [-0.05, 0) is 29.5 Å². The summed E-state index contributed by atoms with van der Waals surface area (Å²) in [6.07, 6.45) is 4.98. The van der Waals surface area contributed by atoms with Crippen LogP contribution < -0.4 is 0 Å². The van der Waals surface area contributed by atoms with Gasteiger partial charge in [0.2, 0.25) is 0 Å². The Morgan fingerprint density at radius 1 is 1.00 bits per heavy atom. The molecule has 0 aliphatic carbocycles. The van der Waals surface area contributed by atoms with Crippen molar-refractivity contribution in [2.75, 3.05) is 0 Å². The molecule has 0 spiro atoms. The second kappa shape index (κ2) is 6.53. The fourth-order valence-electron chi connectivity index (χ4n) is 2.18. The van der Waals surface area contributed by atoms with E-state index >= 15 is 0 Å². The number of phenols is 2. The molecule has 2 N–H and O–H groups in total. The molecule has 1 aromatic rings. The minimum absolute atomic E-state index is 0.146. The lowest BCUT2D eigenvalue weighted by atomic mass is 9.85. The Labute approximate surface area is 104 Å². The van der Waals surface area contributed by atoms with Gasteiger partial charge in [-0.3, -0.25) is 0 Å². The lowest BCUT2D eigenvalue weighted by molar-refractivity contribution is 0.420. The van der Waals surface area contributed by atoms with E-state index < -0.39 is 0 Å². The molecule has 0 unspecified atom stereocenters. The van der Waals surface area contributed by atoms with Gasteiger partial charge < -0.3 is 10.2 Å². The van der Waals surface area contributed by atoms with Crippen LogP contribution in [-0.2, 0) is 0 Å². The molecule has 2 atom stereocenters. The number of unbranched alkanes of at least 4 members (excludes halogenated alkanes) is 2. The molecule has 17 heavy (non-hydrogen) atoms. The van der Waals surface area contributed by atoms with E-state index in [9.17, 15) is 10.2 Å². The summed E-state index contributed by atoms with van der Waals surface area (Å²) >= 11 is 0. The highest BCUT2D eigenvalue weighted by Crippen LogP contribution is 2.32. The largest absolute Gasteiger partial charge is 0.508 e. The van der Waals surface area contributed by atoms with Crippen LogP contribution in [0.25, 0.3) is 0 Å². The average Bonchev–Trinajstić information content (AvgIpc) is 2.27. The summed E-state index contributed by atoms with van der Waals surface area (Å²) in [5.74, 6) is 1.23. The fraction of sp³-hybridized carbons (Fsp3) is 0.600. The zero-order valence-corrected chi connectivity index (χ0v) is 11.1. The highest BCUT2D eigenvalue weighted by atomic mass is 16.3. The topological polar surface area (TPSA) is 40.5 Å². The molecule has 0 saturated heterocycles. The van der Waals surface area contributed by atoms with E-state index in [1.807, 2.05) is 0 Å². The maximum Gasteiger partial charge on any atom is 0.119 e. The normalized spacial score (nSPS) is 14.5. The molecule has 0 fully saturated rings. The van der Waals surface area contributed by atoms with Crippen molar-refractivity contribution in [3.05, 3.63) is 23.8 Å². The van der Waals surface area contributed by atoms with Crippen molar-refractivity contribution in [1.29, 1.82) is 0 Å². The third kappa shape index (κ3) is 4.29. The highest BCUT2D eigenvalue weighted by Gasteiger charge is 2.15. The predicted molar refractivity (Wildman–Crippen MR) is 71.5 cm³/mol. The summed E-state index contributed by atoms with van der Waals surface area (Å²) in [6, 6.07) is 4.87. The van der Waals surface area contributed by atoms with E-state index in [4.69, 9.17) is 0 Å². The molecule has 1 rings (SSSR count).